The van der Waals surface area contributed by atoms with Gasteiger partial charge in [-0.05, 0) is 41.8 Å². The SMILES string of the molecule is CN(CCc1ccncc1)C(=O)CCNCc1ccc(F)cc1. The number of aromatic nitrogens is 1. The van der Waals surface area contributed by atoms with Crippen LogP contribution in [0.4, 0.5) is 4.39 Å². The van der Waals surface area contributed by atoms with Gasteiger partial charge in [-0.3, -0.25) is 9.78 Å². The molecule has 1 heterocycles. The van der Waals surface area contributed by atoms with E-state index in [2.05, 4.69) is 10.3 Å². The van der Waals surface area contributed by atoms with Crippen molar-refractivity contribution in [3.05, 3.63) is 65.7 Å². The Labute approximate surface area is 136 Å². The molecule has 2 aromatic rings. The van der Waals surface area contributed by atoms with Crippen LogP contribution in [0.1, 0.15) is 17.5 Å². The molecule has 0 saturated carbocycles. The van der Waals surface area contributed by atoms with Crippen LogP contribution in [0.3, 0.4) is 0 Å². The Balaban J connectivity index is 1.63. The fraction of sp³-hybridized carbons (Fsp3) is 0.333. The standard InChI is InChI=1S/C18H22FN3O/c1-22(13-9-15-6-10-20-11-7-15)18(23)8-12-21-14-16-2-4-17(19)5-3-16/h2-7,10-11,21H,8-9,12-14H2,1H3. The fourth-order valence-electron chi connectivity index (χ4n) is 2.19. The minimum absolute atomic E-state index is 0.116. The van der Waals surface area contributed by atoms with Gasteiger partial charge < -0.3 is 10.2 Å². The normalized spacial score (nSPS) is 10.5. The number of carbonyl (C=O) groups is 1. The lowest BCUT2D eigenvalue weighted by atomic mass is 10.2. The van der Waals surface area contributed by atoms with Gasteiger partial charge >= 0.3 is 0 Å². The lowest BCUT2D eigenvalue weighted by Gasteiger charge is -2.17. The predicted octanol–water partition coefficient (Wildman–Crippen LogP) is 2.40. The molecule has 0 bridgehead atoms. The molecule has 5 heteroatoms. The van der Waals surface area contributed by atoms with Crippen molar-refractivity contribution >= 4 is 5.91 Å². The summed E-state index contributed by atoms with van der Waals surface area (Å²) in [5.74, 6) is -0.120. The van der Waals surface area contributed by atoms with Gasteiger partial charge in [0.25, 0.3) is 0 Å². The number of benzene rings is 1. The average molecular weight is 315 g/mol. The van der Waals surface area contributed by atoms with Crippen LogP contribution in [0.15, 0.2) is 48.8 Å². The molecular weight excluding hydrogens is 293 g/mol. The number of hydrogen-bond acceptors (Lipinski definition) is 3. The first-order valence-corrected chi connectivity index (χ1v) is 7.73. The highest BCUT2D eigenvalue weighted by Crippen LogP contribution is 2.03. The van der Waals surface area contributed by atoms with Crippen LogP contribution in [0, 0.1) is 5.82 Å². The summed E-state index contributed by atoms with van der Waals surface area (Å²) >= 11 is 0. The van der Waals surface area contributed by atoms with E-state index in [0.29, 0.717) is 26.1 Å². The molecule has 1 N–H and O–H groups in total. The molecule has 0 radical (unpaired) electrons. The molecule has 122 valence electrons. The number of nitrogens with zero attached hydrogens (tertiary/aromatic N) is 2. The number of nitrogens with one attached hydrogen (secondary N) is 1. The second-order valence-electron chi connectivity index (χ2n) is 5.47. The van der Waals surface area contributed by atoms with Gasteiger partial charge in [0.2, 0.25) is 5.91 Å². The molecule has 2 rings (SSSR count). The number of amides is 1. The van der Waals surface area contributed by atoms with Crippen molar-refractivity contribution in [2.24, 2.45) is 0 Å². The molecular formula is C18H22FN3O. The van der Waals surface area contributed by atoms with E-state index in [1.807, 2.05) is 19.2 Å². The van der Waals surface area contributed by atoms with Gasteiger partial charge in [0.05, 0.1) is 0 Å². The first-order chi connectivity index (χ1) is 11.1. The quantitative estimate of drug-likeness (QED) is 0.761. The van der Waals surface area contributed by atoms with Gasteiger partial charge in [-0.2, -0.15) is 0 Å². The fourth-order valence-corrected chi connectivity index (χ4v) is 2.19. The largest absolute Gasteiger partial charge is 0.345 e. The summed E-state index contributed by atoms with van der Waals surface area (Å²) in [4.78, 5) is 17.8. The zero-order chi connectivity index (χ0) is 16.5. The van der Waals surface area contributed by atoms with E-state index in [-0.39, 0.29) is 11.7 Å². The van der Waals surface area contributed by atoms with Gasteiger partial charge in [0.1, 0.15) is 5.82 Å². The van der Waals surface area contributed by atoms with Crippen molar-refractivity contribution in [3.8, 4) is 0 Å². The zero-order valence-corrected chi connectivity index (χ0v) is 13.3. The predicted molar refractivity (Wildman–Crippen MR) is 88.3 cm³/mol. The molecule has 0 saturated heterocycles. The Hall–Kier alpha value is -2.27. The topological polar surface area (TPSA) is 45.2 Å². The van der Waals surface area contributed by atoms with Crippen molar-refractivity contribution in [2.75, 3.05) is 20.1 Å². The number of carbonyl (C=O) groups excluding carboxylic acids is 1. The van der Waals surface area contributed by atoms with Crippen molar-refractivity contribution in [1.82, 2.24) is 15.2 Å². The van der Waals surface area contributed by atoms with Crippen molar-refractivity contribution in [3.63, 3.8) is 0 Å². The maximum atomic E-state index is 12.8. The first kappa shape index (κ1) is 17.1. The van der Waals surface area contributed by atoms with Crippen molar-refractivity contribution in [1.29, 1.82) is 0 Å². The van der Waals surface area contributed by atoms with Gasteiger partial charge in [-0.25, -0.2) is 4.39 Å². The Kier molecular flexibility index (Phi) is 6.69. The molecule has 0 unspecified atom stereocenters. The molecule has 0 aliphatic rings. The number of hydrogen-bond donors (Lipinski definition) is 1. The second kappa shape index (κ2) is 9.00. The summed E-state index contributed by atoms with van der Waals surface area (Å²) in [5.41, 5.74) is 2.18. The van der Waals surface area contributed by atoms with Crippen molar-refractivity contribution < 1.29 is 9.18 Å². The number of rotatable bonds is 8. The summed E-state index contributed by atoms with van der Waals surface area (Å²) in [7, 11) is 1.82. The third-order valence-corrected chi connectivity index (χ3v) is 3.67. The third kappa shape index (κ3) is 6.16. The summed E-state index contributed by atoms with van der Waals surface area (Å²) in [6, 6.07) is 10.3. The van der Waals surface area contributed by atoms with E-state index >= 15 is 0 Å². The molecule has 1 amide bonds. The monoisotopic (exact) mass is 315 g/mol. The summed E-state index contributed by atoms with van der Waals surface area (Å²) in [6.45, 7) is 1.94. The first-order valence-electron chi connectivity index (χ1n) is 7.73. The molecule has 23 heavy (non-hydrogen) atoms. The van der Waals surface area contributed by atoms with E-state index in [1.165, 1.54) is 17.7 Å². The third-order valence-electron chi connectivity index (χ3n) is 3.67. The van der Waals surface area contributed by atoms with E-state index in [1.54, 1.807) is 29.4 Å². The molecule has 4 nitrogen and oxygen atoms in total. The molecule has 0 spiro atoms. The Morgan fingerprint density at radius 2 is 1.83 bits per heavy atom. The van der Waals surface area contributed by atoms with Crippen LogP contribution in [-0.4, -0.2) is 35.9 Å². The van der Waals surface area contributed by atoms with E-state index in [9.17, 15) is 9.18 Å². The van der Waals surface area contributed by atoms with Crippen LogP contribution >= 0.6 is 0 Å². The van der Waals surface area contributed by atoms with Crippen LogP contribution in [0.5, 0.6) is 0 Å². The van der Waals surface area contributed by atoms with Crippen LogP contribution in [0.2, 0.25) is 0 Å². The van der Waals surface area contributed by atoms with Crippen molar-refractivity contribution in [2.45, 2.75) is 19.4 Å². The van der Waals surface area contributed by atoms with Crippen LogP contribution in [0.25, 0.3) is 0 Å². The number of pyridine rings is 1. The van der Waals surface area contributed by atoms with Crippen LogP contribution < -0.4 is 5.32 Å². The minimum Gasteiger partial charge on any atom is -0.345 e. The number of likely N-dealkylation sites (N-methyl/N-ethyl adjacent to an activating group) is 1. The summed E-state index contributed by atoms with van der Waals surface area (Å²) in [5, 5.41) is 3.20. The molecule has 0 atom stereocenters. The van der Waals surface area contributed by atoms with Gasteiger partial charge in [0.15, 0.2) is 0 Å². The molecule has 1 aromatic heterocycles. The Bertz CT molecular complexity index is 601. The number of halogens is 1. The minimum atomic E-state index is -0.236. The van der Waals surface area contributed by atoms with Crippen LogP contribution in [-0.2, 0) is 17.8 Å². The van der Waals surface area contributed by atoms with Gasteiger partial charge in [-0.15, -0.1) is 0 Å². The lowest BCUT2D eigenvalue weighted by molar-refractivity contribution is -0.129. The highest BCUT2D eigenvalue weighted by atomic mass is 19.1. The van der Waals surface area contributed by atoms with Gasteiger partial charge in [-0.1, -0.05) is 12.1 Å². The van der Waals surface area contributed by atoms with E-state index in [0.717, 1.165) is 12.0 Å². The maximum Gasteiger partial charge on any atom is 0.223 e. The molecule has 0 aliphatic heterocycles. The Morgan fingerprint density at radius 1 is 1.13 bits per heavy atom. The summed E-state index contributed by atoms with van der Waals surface area (Å²) < 4.78 is 12.8. The molecule has 1 aromatic carbocycles. The smallest absolute Gasteiger partial charge is 0.223 e. The maximum absolute atomic E-state index is 12.8. The molecule has 0 fully saturated rings. The highest BCUT2D eigenvalue weighted by molar-refractivity contribution is 5.76. The lowest BCUT2D eigenvalue weighted by Crippen LogP contribution is -2.31. The summed E-state index contributed by atoms with van der Waals surface area (Å²) in [6.07, 6.45) is 4.80. The van der Waals surface area contributed by atoms with E-state index < -0.39 is 0 Å². The second-order valence-corrected chi connectivity index (χ2v) is 5.47. The highest BCUT2D eigenvalue weighted by Gasteiger charge is 2.08. The Morgan fingerprint density at radius 3 is 2.52 bits per heavy atom. The average Bonchev–Trinajstić information content (AvgIpc) is 2.59. The van der Waals surface area contributed by atoms with Gasteiger partial charge in [0, 0.05) is 45.5 Å². The van der Waals surface area contributed by atoms with E-state index in [4.69, 9.17) is 0 Å². The zero-order valence-electron chi connectivity index (χ0n) is 13.3. The molecule has 0 aliphatic carbocycles.